The Morgan fingerprint density at radius 2 is 2.00 bits per heavy atom. The SMILES string of the molecule is COC(=O)CC1Nc2ccc(C(=O)O)cc2Sc2ccccc21. The van der Waals surface area contributed by atoms with Gasteiger partial charge in [0.05, 0.1) is 25.1 Å². The van der Waals surface area contributed by atoms with Crippen LogP contribution in [0.3, 0.4) is 0 Å². The summed E-state index contributed by atoms with van der Waals surface area (Å²) in [6.07, 6.45) is 0.203. The summed E-state index contributed by atoms with van der Waals surface area (Å²) in [7, 11) is 1.37. The van der Waals surface area contributed by atoms with Crippen molar-refractivity contribution < 1.29 is 19.4 Å². The van der Waals surface area contributed by atoms with E-state index in [1.54, 1.807) is 18.2 Å². The fourth-order valence-electron chi connectivity index (χ4n) is 2.52. The Morgan fingerprint density at radius 1 is 1.22 bits per heavy atom. The minimum atomic E-state index is -0.961. The van der Waals surface area contributed by atoms with Gasteiger partial charge in [-0.1, -0.05) is 30.0 Å². The van der Waals surface area contributed by atoms with Crippen LogP contribution in [0.1, 0.15) is 28.4 Å². The third-order valence-electron chi connectivity index (χ3n) is 3.67. The predicted molar refractivity (Wildman–Crippen MR) is 87.0 cm³/mol. The topological polar surface area (TPSA) is 75.6 Å². The highest BCUT2D eigenvalue weighted by Gasteiger charge is 2.24. The van der Waals surface area contributed by atoms with Crippen LogP contribution in [0.15, 0.2) is 52.3 Å². The van der Waals surface area contributed by atoms with Crippen molar-refractivity contribution in [3.8, 4) is 0 Å². The van der Waals surface area contributed by atoms with E-state index in [4.69, 9.17) is 9.84 Å². The zero-order chi connectivity index (χ0) is 16.4. The van der Waals surface area contributed by atoms with Crippen molar-refractivity contribution in [2.45, 2.75) is 22.3 Å². The van der Waals surface area contributed by atoms with E-state index in [0.717, 1.165) is 21.0 Å². The van der Waals surface area contributed by atoms with Gasteiger partial charge in [-0.2, -0.15) is 0 Å². The van der Waals surface area contributed by atoms with Crippen molar-refractivity contribution in [3.05, 3.63) is 53.6 Å². The lowest BCUT2D eigenvalue weighted by Gasteiger charge is -2.18. The first-order valence-corrected chi connectivity index (χ1v) is 7.87. The van der Waals surface area contributed by atoms with E-state index in [-0.39, 0.29) is 24.0 Å². The smallest absolute Gasteiger partial charge is 0.335 e. The Kier molecular flexibility index (Phi) is 4.25. The third kappa shape index (κ3) is 3.17. The van der Waals surface area contributed by atoms with Gasteiger partial charge < -0.3 is 15.2 Å². The summed E-state index contributed by atoms with van der Waals surface area (Å²) in [5.74, 6) is -1.26. The van der Waals surface area contributed by atoms with Crippen LogP contribution in [-0.4, -0.2) is 24.2 Å². The number of carboxylic acids is 1. The molecule has 1 heterocycles. The first-order chi connectivity index (χ1) is 11.1. The van der Waals surface area contributed by atoms with Gasteiger partial charge in [0.15, 0.2) is 0 Å². The first-order valence-electron chi connectivity index (χ1n) is 7.06. The van der Waals surface area contributed by atoms with Crippen molar-refractivity contribution >= 4 is 29.4 Å². The van der Waals surface area contributed by atoms with E-state index < -0.39 is 5.97 Å². The predicted octanol–water partition coefficient (Wildman–Crippen LogP) is 3.57. The number of anilines is 1. The molecule has 0 bridgehead atoms. The molecule has 2 aromatic carbocycles. The molecule has 23 heavy (non-hydrogen) atoms. The number of hydrogen-bond donors (Lipinski definition) is 2. The number of hydrogen-bond acceptors (Lipinski definition) is 5. The summed E-state index contributed by atoms with van der Waals surface area (Å²) in [4.78, 5) is 24.7. The number of carbonyl (C=O) groups excluding carboxylic acids is 1. The molecule has 1 aliphatic heterocycles. The molecule has 0 saturated heterocycles. The summed E-state index contributed by atoms with van der Waals surface area (Å²) in [6, 6.07) is 12.5. The minimum absolute atomic E-state index is 0.203. The highest BCUT2D eigenvalue weighted by molar-refractivity contribution is 7.99. The summed E-state index contributed by atoms with van der Waals surface area (Å²) in [5, 5.41) is 12.5. The number of rotatable bonds is 3. The molecule has 1 atom stereocenters. The molecule has 0 saturated carbocycles. The molecule has 0 amide bonds. The fraction of sp³-hybridized carbons (Fsp3) is 0.176. The van der Waals surface area contributed by atoms with Gasteiger partial charge in [-0.3, -0.25) is 4.79 Å². The molecule has 1 aliphatic rings. The maximum atomic E-state index is 11.7. The van der Waals surface area contributed by atoms with Crippen LogP contribution < -0.4 is 5.32 Å². The van der Waals surface area contributed by atoms with Crippen molar-refractivity contribution in [3.63, 3.8) is 0 Å². The van der Waals surface area contributed by atoms with E-state index in [9.17, 15) is 9.59 Å². The number of methoxy groups -OCH3 is 1. The van der Waals surface area contributed by atoms with Gasteiger partial charge in [-0.25, -0.2) is 4.79 Å². The Labute approximate surface area is 137 Å². The van der Waals surface area contributed by atoms with Crippen LogP contribution in [-0.2, 0) is 9.53 Å². The van der Waals surface area contributed by atoms with E-state index in [0.29, 0.717) is 0 Å². The second-order valence-electron chi connectivity index (χ2n) is 5.13. The molecule has 2 aromatic rings. The van der Waals surface area contributed by atoms with Crippen molar-refractivity contribution in [1.29, 1.82) is 0 Å². The van der Waals surface area contributed by atoms with Gasteiger partial charge in [-0.05, 0) is 29.8 Å². The van der Waals surface area contributed by atoms with Gasteiger partial charge in [0.2, 0.25) is 0 Å². The summed E-state index contributed by atoms with van der Waals surface area (Å²) in [5.41, 5.74) is 2.04. The highest BCUT2D eigenvalue weighted by atomic mass is 32.2. The average molecular weight is 329 g/mol. The van der Waals surface area contributed by atoms with Crippen LogP contribution >= 0.6 is 11.8 Å². The molecule has 0 spiro atoms. The van der Waals surface area contributed by atoms with Gasteiger partial charge in [0.1, 0.15) is 0 Å². The molecule has 0 aliphatic carbocycles. The third-order valence-corrected chi connectivity index (χ3v) is 4.82. The molecular weight excluding hydrogens is 314 g/mol. The van der Waals surface area contributed by atoms with Crippen LogP contribution in [0, 0.1) is 0 Å². The molecule has 0 aromatic heterocycles. The molecule has 3 rings (SSSR count). The number of nitrogens with one attached hydrogen (secondary N) is 1. The van der Waals surface area contributed by atoms with Gasteiger partial charge >= 0.3 is 11.9 Å². The lowest BCUT2D eigenvalue weighted by atomic mass is 10.0. The lowest BCUT2D eigenvalue weighted by molar-refractivity contribution is -0.140. The molecule has 0 fully saturated rings. The Bertz CT molecular complexity index is 775. The molecule has 6 heteroatoms. The number of carbonyl (C=O) groups is 2. The summed E-state index contributed by atoms with van der Waals surface area (Å²) < 4.78 is 4.78. The van der Waals surface area contributed by atoms with Crippen LogP contribution in [0.2, 0.25) is 0 Å². The van der Waals surface area contributed by atoms with Crippen LogP contribution in [0.5, 0.6) is 0 Å². The largest absolute Gasteiger partial charge is 0.478 e. The van der Waals surface area contributed by atoms with E-state index in [1.807, 2.05) is 24.3 Å². The number of benzene rings is 2. The quantitative estimate of drug-likeness (QED) is 0.839. The molecule has 118 valence electrons. The average Bonchev–Trinajstić information content (AvgIpc) is 2.70. The Morgan fingerprint density at radius 3 is 2.74 bits per heavy atom. The van der Waals surface area contributed by atoms with Crippen molar-refractivity contribution in [2.24, 2.45) is 0 Å². The van der Waals surface area contributed by atoms with Gasteiger partial charge in [-0.15, -0.1) is 0 Å². The standard InChI is InChI=1S/C17H15NO4S/c1-22-16(19)9-13-11-4-2-3-5-14(11)23-15-8-10(17(20)21)6-7-12(15)18-13/h2-8,13,18H,9H2,1H3,(H,20,21). The summed E-state index contributed by atoms with van der Waals surface area (Å²) >= 11 is 1.50. The van der Waals surface area contributed by atoms with Crippen LogP contribution in [0.25, 0.3) is 0 Å². The number of esters is 1. The Hall–Kier alpha value is -2.47. The monoisotopic (exact) mass is 329 g/mol. The number of aromatic carboxylic acids is 1. The fourth-order valence-corrected chi connectivity index (χ4v) is 3.65. The second kappa shape index (κ2) is 6.34. The zero-order valence-electron chi connectivity index (χ0n) is 12.4. The first kappa shape index (κ1) is 15.4. The Balaban J connectivity index is 2.05. The lowest BCUT2D eigenvalue weighted by Crippen LogP contribution is -2.16. The maximum absolute atomic E-state index is 11.7. The van der Waals surface area contributed by atoms with Gasteiger partial charge in [0, 0.05) is 15.5 Å². The molecule has 0 radical (unpaired) electrons. The maximum Gasteiger partial charge on any atom is 0.335 e. The molecular formula is C17H15NO4S. The molecule has 1 unspecified atom stereocenters. The van der Waals surface area contributed by atoms with Gasteiger partial charge in [0.25, 0.3) is 0 Å². The second-order valence-corrected chi connectivity index (χ2v) is 6.22. The van der Waals surface area contributed by atoms with E-state index in [1.165, 1.54) is 18.9 Å². The number of carboxylic acid groups (broad SMARTS) is 1. The van der Waals surface area contributed by atoms with Crippen molar-refractivity contribution in [2.75, 3.05) is 12.4 Å². The zero-order valence-corrected chi connectivity index (χ0v) is 13.2. The number of ether oxygens (including phenoxy) is 1. The van der Waals surface area contributed by atoms with Crippen LogP contribution in [0.4, 0.5) is 5.69 Å². The molecule has 2 N–H and O–H groups in total. The van der Waals surface area contributed by atoms with Crippen molar-refractivity contribution in [1.82, 2.24) is 0 Å². The minimum Gasteiger partial charge on any atom is -0.478 e. The molecule has 5 nitrogen and oxygen atoms in total. The van der Waals surface area contributed by atoms with E-state index >= 15 is 0 Å². The van der Waals surface area contributed by atoms with E-state index in [2.05, 4.69) is 5.32 Å². The number of fused-ring (bicyclic) bond motifs is 2. The normalized spacial score (nSPS) is 15.6. The highest BCUT2D eigenvalue weighted by Crippen LogP contribution is 2.43. The summed E-state index contributed by atoms with van der Waals surface area (Å²) in [6.45, 7) is 0.